The summed E-state index contributed by atoms with van der Waals surface area (Å²) in [5, 5.41) is 0. The maximum atomic E-state index is 10.8. The molecule has 0 fully saturated rings. The van der Waals surface area contributed by atoms with Gasteiger partial charge in [-0.1, -0.05) is 34.0 Å². The minimum Gasteiger partial charge on any atom is -0.380 e. The summed E-state index contributed by atoms with van der Waals surface area (Å²) >= 11 is 0. The van der Waals surface area contributed by atoms with Gasteiger partial charge in [-0.2, -0.15) is 0 Å². The van der Waals surface area contributed by atoms with Crippen LogP contribution in [0.1, 0.15) is 34.1 Å². The largest absolute Gasteiger partial charge is 0.380 e. The highest BCUT2D eigenvalue weighted by Crippen LogP contribution is 2.24. The molecule has 0 aromatic heterocycles. The molecule has 3 nitrogen and oxygen atoms in total. The predicted octanol–water partition coefficient (Wildman–Crippen LogP) is 0.982. The second-order valence-electron chi connectivity index (χ2n) is 5.82. The standard InChI is InChI=1S/C11H24BNO2/c1-10(2,5-9(13)14)7-15-8-11(3,4)6-12/h5-8,12H2,1-4H3,(H2,13,14). The van der Waals surface area contributed by atoms with Crippen molar-refractivity contribution in [1.29, 1.82) is 0 Å². The summed E-state index contributed by atoms with van der Waals surface area (Å²) in [6.45, 7) is 9.65. The van der Waals surface area contributed by atoms with Gasteiger partial charge in [0.15, 0.2) is 0 Å². The Kier molecular flexibility index (Phi) is 5.36. The fourth-order valence-corrected chi connectivity index (χ4v) is 1.23. The van der Waals surface area contributed by atoms with Gasteiger partial charge in [0, 0.05) is 6.42 Å². The molecule has 0 bridgehead atoms. The van der Waals surface area contributed by atoms with Crippen LogP contribution in [0, 0.1) is 10.8 Å². The Balaban J connectivity index is 3.89. The number of nitrogens with two attached hydrogens (primary N) is 1. The summed E-state index contributed by atoms with van der Waals surface area (Å²) in [5.74, 6) is -0.265. The van der Waals surface area contributed by atoms with Gasteiger partial charge in [-0.3, -0.25) is 4.79 Å². The van der Waals surface area contributed by atoms with Gasteiger partial charge in [-0.05, 0) is 10.8 Å². The molecule has 0 saturated carbocycles. The van der Waals surface area contributed by atoms with Gasteiger partial charge in [-0.25, -0.2) is 0 Å². The summed E-state index contributed by atoms with van der Waals surface area (Å²) < 4.78 is 5.65. The smallest absolute Gasteiger partial charge is 0.218 e. The number of primary amides is 1. The van der Waals surface area contributed by atoms with Gasteiger partial charge >= 0.3 is 0 Å². The van der Waals surface area contributed by atoms with Crippen molar-refractivity contribution in [2.75, 3.05) is 13.2 Å². The molecule has 4 heteroatoms. The van der Waals surface area contributed by atoms with Gasteiger partial charge in [0.2, 0.25) is 5.91 Å². The van der Waals surface area contributed by atoms with E-state index < -0.39 is 0 Å². The Morgan fingerprint density at radius 2 is 1.67 bits per heavy atom. The van der Waals surface area contributed by atoms with Crippen molar-refractivity contribution >= 4 is 13.8 Å². The molecule has 2 N–H and O–H groups in total. The summed E-state index contributed by atoms with van der Waals surface area (Å²) in [6, 6.07) is 0. The lowest BCUT2D eigenvalue weighted by atomic mass is 9.80. The summed E-state index contributed by atoms with van der Waals surface area (Å²) in [7, 11) is 2.15. The minimum absolute atomic E-state index is 0.157. The number of rotatable bonds is 7. The molecule has 88 valence electrons. The molecule has 0 saturated heterocycles. The molecular weight excluding hydrogens is 189 g/mol. The van der Waals surface area contributed by atoms with Gasteiger partial charge in [0.1, 0.15) is 7.85 Å². The Labute approximate surface area is 94.2 Å². The van der Waals surface area contributed by atoms with Crippen LogP contribution >= 0.6 is 0 Å². The zero-order chi connectivity index (χ0) is 12.1. The van der Waals surface area contributed by atoms with Crippen molar-refractivity contribution in [2.45, 2.75) is 40.4 Å². The van der Waals surface area contributed by atoms with Crippen molar-refractivity contribution in [3.8, 4) is 0 Å². The summed E-state index contributed by atoms with van der Waals surface area (Å²) in [4.78, 5) is 10.8. The molecule has 0 aliphatic heterocycles. The molecule has 0 heterocycles. The van der Waals surface area contributed by atoms with E-state index in [-0.39, 0.29) is 16.7 Å². The van der Waals surface area contributed by atoms with Gasteiger partial charge < -0.3 is 10.5 Å². The van der Waals surface area contributed by atoms with Crippen LogP contribution in [0.4, 0.5) is 0 Å². The Morgan fingerprint density at radius 1 is 1.20 bits per heavy atom. The van der Waals surface area contributed by atoms with Crippen LogP contribution in [0.15, 0.2) is 0 Å². The maximum Gasteiger partial charge on any atom is 0.218 e. The third-order valence-corrected chi connectivity index (χ3v) is 2.60. The number of ether oxygens (including phenoxy) is 1. The van der Waals surface area contributed by atoms with Crippen LogP contribution in [0.5, 0.6) is 0 Å². The summed E-state index contributed by atoms with van der Waals surface area (Å²) in [5.41, 5.74) is 5.22. The number of hydrogen-bond donors (Lipinski definition) is 1. The average Bonchev–Trinajstić information content (AvgIpc) is 2.00. The van der Waals surface area contributed by atoms with Crippen LogP contribution in [0.25, 0.3) is 0 Å². The van der Waals surface area contributed by atoms with Crippen molar-refractivity contribution in [3.05, 3.63) is 0 Å². The van der Waals surface area contributed by atoms with Crippen LogP contribution in [0.3, 0.4) is 0 Å². The molecule has 0 spiro atoms. The maximum absolute atomic E-state index is 10.8. The zero-order valence-corrected chi connectivity index (χ0v) is 10.7. The van der Waals surface area contributed by atoms with E-state index in [1.165, 1.54) is 0 Å². The van der Waals surface area contributed by atoms with E-state index in [0.29, 0.717) is 13.0 Å². The topological polar surface area (TPSA) is 52.3 Å². The molecule has 0 radical (unpaired) electrons. The molecule has 0 aromatic rings. The highest BCUT2D eigenvalue weighted by Gasteiger charge is 2.23. The second-order valence-corrected chi connectivity index (χ2v) is 5.82. The SMILES string of the molecule is BCC(C)(C)COCC(C)(C)CC(N)=O. The molecule has 1 amide bonds. The second kappa shape index (κ2) is 5.54. The number of carbonyl (C=O) groups excluding carboxylic acids is 1. The molecule has 0 unspecified atom stereocenters. The summed E-state index contributed by atoms with van der Waals surface area (Å²) in [6.07, 6.45) is 1.46. The van der Waals surface area contributed by atoms with E-state index in [1.54, 1.807) is 0 Å². The Hall–Kier alpha value is -0.505. The first kappa shape index (κ1) is 14.5. The molecule has 0 aromatic carbocycles. The molecule has 0 aliphatic rings. The van der Waals surface area contributed by atoms with Crippen molar-refractivity contribution in [2.24, 2.45) is 16.6 Å². The lowest BCUT2D eigenvalue weighted by molar-refractivity contribution is -0.121. The lowest BCUT2D eigenvalue weighted by Crippen LogP contribution is -2.29. The number of carbonyl (C=O) groups is 1. The molecule has 0 aliphatic carbocycles. The molecule has 0 rings (SSSR count). The molecule has 0 atom stereocenters. The van der Waals surface area contributed by atoms with Crippen LogP contribution < -0.4 is 5.73 Å². The van der Waals surface area contributed by atoms with Crippen LogP contribution in [-0.2, 0) is 9.53 Å². The van der Waals surface area contributed by atoms with Gasteiger partial charge in [0.25, 0.3) is 0 Å². The minimum atomic E-state index is -0.265. The number of amides is 1. The fourth-order valence-electron chi connectivity index (χ4n) is 1.23. The van der Waals surface area contributed by atoms with E-state index in [4.69, 9.17) is 10.5 Å². The lowest BCUT2D eigenvalue weighted by Gasteiger charge is -2.27. The van der Waals surface area contributed by atoms with E-state index in [9.17, 15) is 4.79 Å². The normalized spacial score (nSPS) is 12.8. The Bertz CT molecular complexity index is 215. The zero-order valence-electron chi connectivity index (χ0n) is 10.7. The van der Waals surface area contributed by atoms with E-state index in [1.807, 2.05) is 13.8 Å². The number of hydrogen-bond acceptors (Lipinski definition) is 2. The molecule has 15 heavy (non-hydrogen) atoms. The molecular formula is C11H24BNO2. The van der Waals surface area contributed by atoms with Gasteiger partial charge in [0.05, 0.1) is 13.2 Å². The van der Waals surface area contributed by atoms with E-state index >= 15 is 0 Å². The highest BCUT2D eigenvalue weighted by atomic mass is 16.5. The first-order valence-electron chi connectivity index (χ1n) is 5.55. The quantitative estimate of drug-likeness (QED) is 0.641. The van der Waals surface area contributed by atoms with Crippen LogP contribution in [-0.4, -0.2) is 27.0 Å². The van der Waals surface area contributed by atoms with Crippen LogP contribution in [0.2, 0.25) is 6.32 Å². The average molecular weight is 213 g/mol. The van der Waals surface area contributed by atoms with Crippen molar-refractivity contribution in [1.82, 2.24) is 0 Å². The van der Waals surface area contributed by atoms with Crippen molar-refractivity contribution < 1.29 is 9.53 Å². The fraction of sp³-hybridized carbons (Fsp3) is 0.909. The first-order valence-corrected chi connectivity index (χ1v) is 5.55. The van der Waals surface area contributed by atoms with E-state index in [0.717, 1.165) is 12.9 Å². The third-order valence-electron chi connectivity index (χ3n) is 2.60. The predicted molar refractivity (Wildman–Crippen MR) is 65.5 cm³/mol. The van der Waals surface area contributed by atoms with Gasteiger partial charge in [-0.15, -0.1) is 0 Å². The van der Waals surface area contributed by atoms with E-state index in [2.05, 4.69) is 21.7 Å². The van der Waals surface area contributed by atoms with Crippen molar-refractivity contribution in [3.63, 3.8) is 0 Å². The monoisotopic (exact) mass is 213 g/mol. The highest BCUT2D eigenvalue weighted by molar-refractivity contribution is 6.08. The first-order chi connectivity index (χ1) is 6.68. The Morgan fingerprint density at radius 3 is 2.07 bits per heavy atom. The third kappa shape index (κ3) is 7.43.